The maximum atomic E-state index is 12.5. The van der Waals surface area contributed by atoms with Gasteiger partial charge in [0.05, 0.1) is 14.2 Å². The standard InChI is InChI=1S/C19H20O4.2C2H6/c1-22-17(20)19(18(21)23-2,13-15-9-5-3-6-10-15)14-16-11-7-4-8-12-16;2*1-2/h3-12H,13-14H2,1-2H3;2*1-2H3. The Bertz CT molecular complexity index is 591. The van der Waals surface area contributed by atoms with Crippen LogP contribution in [0.15, 0.2) is 60.7 Å². The van der Waals surface area contributed by atoms with Gasteiger partial charge < -0.3 is 9.47 Å². The van der Waals surface area contributed by atoms with Crippen molar-refractivity contribution in [1.82, 2.24) is 0 Å². The molecule has 4 nitrogen and oxygen atoms in total. The topological polar surface area (TPSA) is 52.6 Å². The number of benzene rings is 2. The summed E-state index contributed by atoms with van der Waals surface area (Å²) < 4.78 is 9.89. The molecular weight excluding hydrogens is 340 g/mol. The lowest BCUT2D eigenvalue weighted by molar-refractivity contribution is -0.169. The zero-order valence-corrected chi connectivity index (χ0v) is 17.3. The zero-order chi connectivity index (χ0) is 20.7. The van der Waals surface area contributed by atoms with Gasteiger partial charge in [-0.1, -0.05) is 88.4 Å². The fraction of sp³-hybridized carbons (Fsp3) is 0.391. The van der Waals surface area contributed by atoms with E-state index in [0.717, 1.165) is 11.1 Å². The van der Waals surface area contributed by atoms with Crippen molar-refractivity contribution in [3.05, 3.63) is 71.8 Å². The van der Waals surface area contributed by atoms with Crippen LogP contribution in [0.25, 0.3) is 0 Å². The fourth-order valence-electron chi connectivity index (χ4n) is 2.71. The monoisotopic (exact) mass is 372 g/mol. The highest BCUT2D eigenvalue weighted by molar-refractivity contribution is 6.00. The molecule has 0 aliphatic heterocycles. The van der Waals surface area contributed by atoms with Crippen LogP contribution in [0.5, 0.6) is 0 Å². The third-order valence-electron chi connectivity index (χ3n) is 3.85. The van der Waals surface area contributed by atoms with Crippen molar-refractivity contribution < 1.29 is 19.1 Å². The van der Waals surface area contributed by atoms with E-state index in [2.05, 4.69) is 0 Å². The molecule has 0 saturated heterocycles. The van der Waals surface area contributed by atoms with Gasteiger partial charge in [0.25, 0.3) is 0 Å². The Morgan fingerprint density at radius 1 is 0.667 bits per heavy atom. The minimum absolute atomic E-state index is 0.224. The van der Waals surface area contributed by atoms with E-state index < -0.39 is 17.4 Å². The van der Waals surface area contributed by atoms with E-state index >= 15 is 0 Å². The van der Waals surface area contributed by atoms with E-state index in [-0.39, 0.29) is 12.8 Å². The highest BCUT2D eigenvalue weighted by Gasteiger charge is 2.48. The molecule has 0 aliphatic rings. The summed E-state index contributed by atoms with van der Waals surface area (Å²) in [7, 11) is 2.58. The van der Waals surface area contributed by atoms with E-state index in [9.17, 15) is 9.59 Å². The summed E-state index contributed by atoms with van der Waals surface area (Å²) in [5, 5.41) is 0. The molecule has 0 amide bonds. The summed E-state index contributed by atoms with van der Waals surface area (Å²) in [5.74, 6) is -1.17. The van der Waals surface area contributed by atoms with Crippen molar-refractivity contribution in [1.29, 1.82) is 0 Å². The third kappa shape index (κ3) is 6.89. The Kier molecular flexibility index (Phi) is 12.2. The van der Waals surface area contributed by atoms with Crippen molar-refractivity contribution in [3.63, 3.8) is 0 Å². The summed E-state index contributed by atoms with van der Waals surface area (Å²) in [6.45, 7) is 8.00. The summed E-state index contributed by atoms with van der Waals surface area (Å²) in [5.41, 5.74) is 0.352. The number of esters is 2. The van der Waals surface area contributed by atoms with Crippen LogP contribution in [0, 0.1) is 5.41 Å². The van der Waals surface area contributed by atoms with Crippen molar-refractivity contribution in [3.8, 4) is 0 Å². The Morgan fingerprint density at radius 2 is 0.963 bits per heavy atom. The summed E-state index contributed by atoms with van der Waals surface area (Å²) in [6, 6.07) is 18.8. The summed E-state index contributed by atoms with van der Waals surface area (Å²) in [4.78, 5) is 25.0. The quantitative estimate of drug-likeness (QED) is 0.537. The minimum atomic E-state index is -1.40. The summed E-state index contributed by atoms with van der Waals surface area (Å²) in [6.07, 6.45) is 0.449. The van der Waals surface area contributed by atoms with E-state index in [4.69, 9.17) is 9.47 Å². The highest BCUT2D eigenvalue weighted by atomic mass is 16.5. The molecule has 0 bridgehead atoms. The van der Waals surface area contributed by atoms with Crippen molar-refractivity contribution in [2.24, 2.45) is 5.41 Å². The van der Waals surface area contributed by atoms with Crippen molar-refractivity contribution >= 4 is 11.9 Å². The Hall–Kier alpha value is -2.62. The van der Waals surface area contributed by atoms with Gasteiger partial charge in [-0.25, -0.2) is 0 Å². The average molecular weight is 373 g/mol. The van der Waals surface area contributed by atoms with Gasteiger partial charge in [-0.2, -0.15) is 0 Å². The zero-order valence-electron chi connectivity index (χ0n) is 17.3. The molecule has 27 heavy (non-hydrogen) atoms. The largest absolute Gasteiger partial charge is 0.468 e. The van der Waals surface area contributed by atoms with Gasteiger partial charge in [-0.05, 0) is 24.0 Å². The molecule has 0 unspecified atom stereocenters. The molecule has 0 aromatic heterocycles. The lowest BCUT2D eigenvalue weighted by atomic mass is 9.76. The molecule has 2 aromatic rings. The van der Waals surface area contributed by atoms with E-state index in [1.54, 1.807) is 0 Å². The molecule has 148 valence electrons. The van der Waals surface area contributed by atoms with Crippen LogP contribution in [0.4, 0.5) is 0 Å². The average Bonchev–Trinajstić information content (AvgIpc) is 2.76. The van der Waals surface area contributed by atoms with Gasteiger partial charge in [0.1, 0.15) is 0 Å². The van der Waals surface area contributed by atoms with Crippen molar-refractivity contribution in [2.45, 2.75) is 40.5 Å². The van der Waals surface area contributed by atoms with Crippen LogP contribution in [0.3, 0.4) is 0 Å². The second-order valence-corrected chi connectivity index (χ2v) is 5.39. The highest BCUT2D eigenvalue weighted by Crippen LogP contribution is 2.31. The SMILES string of the molecule is CC.CC.COC(=O)C(Cc1ccccc1)(Cc1ccccc1)C(=O)OC. The lowest BCUT2D eigenvalue weighted by Crippen LogP contribution is -2.45. The molecule has 0 atom stereocenters. The van der Waals surface area contributed by atoms with Gasteiger partial charge in [0.15, 0.2) is 5.41 Å². The number of methoxy groups -OCH3 is 2. The van der Waals surface area contributed by atoms with Gasteiger partial charge in [-0.15, -0.1) is 0 Å². The fourth-order valence-corrected chi connectivity index (χ4v) is 2.71. The Labute approximate surface area is 163 Å². The first kappa shape index (κ1) is 24.4. The van der Waals surface area contributed by atoms with Crippen molar-refractivity contribution in [2.75, 3.05) is 14.2 Å². The molecule has 2 rings (SSSR count). The minimum Gasteiger partial charge on any atom is -0.468 e. The first-order chi connectivity index (χ1) is 13.1. The van der Waals surface area contributed by atoms with Crippen LogP contribution in [0.2, 0.25) is 0 Å². The third-order valence-corrected chi connectivity index (χ3v) is 3.85. The molecule has 0 fully saturated rings. The first-order valence-corrected chi connectivity index (χ1v) is 9.37. The molecule has 0 N–H and O–H groups in total. The van der Waals surface area contributed by atoms with Crippen LogP contribution in [-0.2, 0) is 31.9 Å². The van der Waals surface area contributed by atoms with Crippen LogP contribution in [0.1, 0.15) is 38.8 Å². The number of hydrogen-bond acceptors (Lipinski definition) is 4. The molecule has 0 aliphatic carbocycles. The second kappa shape index (κ2) is 13.6. The molecule has 0 heterocycles. The Morgan fingerprint density at radius 3 is 1.22 bits per heavy atom. The smallest absolute Gasteiger partial charge is 0.323 e. The molecule has 2 aromatic carbocycles. The first-order valence-electron chi connectivity index (χ1n) is 9.37. The molecule has 0 spiro atoms. The molecular formula is C23H32O4. The van der Waals surface area contributed by atoms with Crippen LogP contribution < -0.4 is 0 Å². The van der Waals surface area contributed by atoms with Gasteiger partial charge in [0, 0.05) is 0 Å². The summed E-state index contributed by atoms with van der Waals surface area (Å²) >= 11 is 0. The van der Waals surface area contributed by atoms with E-state index in [1.165, 1.54) is 14.2 Å². The number of carbonyl (C=O) groups excluding carboxylic acids is 2. The molecule has 0 radical (unpaired) electrons. The lowest BCUT2D eigenvalue weighted by Gasteiger charge is -2.28. The van der Waals surface area contributed by atoms with Crippen LogP contribution >= 0.6 is 0 Å². The number of carbonyl (C=O) groups is 2. The van der Waals surface area contributed by atoms with E-state index in [0.29, 0.717) is 0 Å². The van der Waals surface area contributed by atoms with E-state index in [1.807, 2.05) is 88.4 Å². The normalized spacial score (nSPS) is 9.70. The predicted octanol–water partition coefficient (Wildman–Crippen LogP) is 4.86. The van der Waals surface area contributed by atoms with Gasteiger partial charge >= 0.3 is 11.9 Å². The van der Waals surface area contributed by atoms with Gasteiger partial charge in [0.2, 0.25) is 0 Å². The number of rotatable bonds is 6. The molecule has 0 saturated carbocycles. The van der Waals surface area contributed by atoms with Crippen LogP contribution in [-0.4, -0.2) is 26.2 Å². The maximum absolute atomic E-state index is 12.5. The van der Waals surface area contributed by atoms with Gasteiger partial charge in [-0.3, -0.25) is 9.59 Å². The number of hydrogen-bond donors (Lipinski definition) is 0. The number of ether oxygens (including phenoxy) is 2. The maximum Gasteiger partial charge on any atom is 0.323 e. The Balaban J connectivity index is 0.00000158. The second-order valence-electron chi connectivity index (χ2n) is 5.39. The predicted molar refractivity (Wildman–Crippen MR) is 109 cm³/mol. The molecule has 4 heteroatoms.